The Morgan fingerprint density at radius 3 is 0.786 bits per heavy atom. The summed E-state index contributed by atoms with van der Waals surface area (Å²) >= 11 is 0. The Morgan fingerprint density at radius 1 is 0.252 bits per heavy atom. The number of aryl methyl sites for hydroxylation is 4. The van der Waals surface area contributed by atoms with Gasteiger partial charge in [0.1, 0.15) is 68.2 Å². The van der Waals surface area contributed by atoms with E-state index >= 15 is 0 Å². The minimum Gasteiger partial charge on any atom is -1.00 e. The van der Waals surface area contributed by atoms with Gasteiger partial charge in [0.25, 0.3) is 46.7 Å². The van der Waals surface area contributed by atoms with E-state index in [2.05, 4.69) is 313 Å². The molecule has 0 saturated carbocycles. The molecule has 674 valence electrons. The Hall–Kier alpha value is -9.71. The molecule has 0 aliphatic carbocycles. The van der Waals surface area contributed by atoms with Crippen LogP contribution in [0.4, 0.5) is 0 Å². The predicted octanol–water partition coefficient (Wildman–Crippen LogP) is 28.2. The zero-order valence-electron chi connectivity index (χ0n) is 79.4. The number of fused-ring (bicyclic) bond motifs is 12. The number of rotatable bonds is 56. The van der Waals surface area contributed by atoms with E-state index in [1.807, 2.05) is 0 Å². The third-order valence-corrected chi connectivity index (χ3v) is 25.8. The smallest absolute Gasteiger partial charge is 1.00 e. The van der Waals surface area contributed by atoms with E-state index < -0.39 is 5.91 Å². The standard InChI is InChI=1S/C117H136N8O4.CH4.Cs.H/c1-5-9-13-17-21-25-29-33-37-41-45-49-53-65-89-69-57-73-93(85-89)126-101-81-61-77-97-105(101)113-119-111-99-79-63-82-102(127-94-74-58-70-90(86-94)66-54-50-46-42-38-34-30-26-22-18-14-10-6-2)106(99)114-120-112-100-80-64-84-104(129-96-76-60-72-92(88-96)68-56-52-48-44-40-36-32-28-24-20-16-12-8-4)108(100)116-121-115-107-98(110-118-109(97)122(113)117(123(110)115,124(111)114)125(112)116)78-62-83-103(107)128-95-75-59-71-91(87-95)67-55-51-47-43-39-35-31-27-23-19-15-11-7-3;;;/h13-20,25-32,57-64,69-88H,5-12,21-24,33-56,65-68H2,1-4H3;1H4;;/q+4;;+1;-1/b17-13+,18-14+,19-15+,20-16+,29-25+,30-26+,31-27+,32-28+;;;/t117-;;;/m1.../s1. The van der Waals surface area contributed by atoms with E-state index in [1.165, 1.54) is 151 Å². The number of hydrogen-bond acceptors (Lipinski definition) is 8. The van der Waals surface area contributed by atoms with Gasteiger partial charge in [-0.3, -0.25) is 0 Å². The number of amidine groups is 8. The zero-order valence-corrected chi connectivity index (χ0v) is 84.7. The quantitative estimate of drug-likeness (QED) is 0.0215. The van der Waals surface area contributed by atoms with Crippen LogP contribution in [0.5, 0.6) is 46.0 Å². The predicted molar refractivity (Wildman–Crippen MR) is 543 cm³/mol. The topological polar surface area (TPSA) is 98.4 Å². The summed E-state index contributed by atoms with van der Waals surface area (Å²) in [4.78, 5) is 24.2. The maximum absolute atomic E-state index is 7.42. The molecule has 8 heterocycles. The first-order valence-corrected chi connectivity index (χ1v) is 49.8. The van der Waals surface area contributed by atoms with Crippen LogP contribution in [0.3, 0.4) is 0 Å². The van der Waals surface area contributed by atoms with Crippen LogP contribution in [-0.2, 0) is 25.7 Å². The van der Waals surface area contributed by atoms with Crippen molar-refractivity contribution in [1.29, 1.82) is 0 Å². The fourth-order valence-corrected chi connectivity index (χ4v) is 19.2. The van der Waals surface area contributed by atoms with Gasteiger partial charge in [-0.2, -0.15) is 0 Å². The van der Waals surface area contributed by atoms with Crippen molar-refractivity contribution in [3.8, 4) is 46.0 Å². The molecule has 8 aliphatic heterocycles. The van der Waals surface area contributed by atoms with Crippen LogP contribution in [0.15, 0.2) is 287 Å². The Bertz CT molecular complexity index is 5810. The van der Waals surface area contributed by atoms with Crippen LogP contribution in [0, 0.1) is 0 Å². The average molecular weight is 1870 g/mol. The molecule has 8 aromatic rings. The molecular weight excluding hydrogens is 1730 g/mol. The first-order chi connectivity index (χ1) is 63.9. The van der Waals surface area contributed by atoms with Crippen LogP contribution in [0.25, 0.3) is 0 Å². The molecular formula is C118H141CsN8O4+4. The molecule has 1 spiro atoms. The molecule has 0 fully saturated rings. The second kappa shape index (κ2) is 50.4. The molecule has 12 nitrogen and oxygen atoms in total. The molecule has 0 radical (unpaired) electrons. The second-order valence-electron chi connectivity index (χ2n) is 35.8. The molecule has 0 amide bonds. The van der Waals surface area contributed by atoms with Gasteiger partial charge < -0.3 is 20.4 Å². The van der Waals surface area contributed by atoms with E-state index in [4.69, 9.17) is 38.9 Å². The molecule has 0 bridgehead atoms. The van der Waals surface area contributed by atoms with Crippen LogP contribution in [0.1, 0.15) is 334 Å². The third-order valence-electron chi connectivity index (χ3n) is 25.8. The molecule has 8 aromatic carbocycles. The molecule has 131 heavy (non-hydrogen) atoms. The van der Waals surface area contributed by atoms with Crippen molar-refractivity contribution in [2.24, 2.45) is 20.0 Å². The number of benzene rings is 8. The van der Waals surface area contributed by atoms with Gasteiger partial charge in [-0.05, 0) is 273 Å². The molecule has 16 rings (SSSR count). The minimum absolute atomic E-state index is 0. The molecule has 13 heteroatoms. The van der Waals surface area contributed by atoms with Gasteiger partial charge in [-0.1, -0.05) is 328 Å². The maximum Gasteiger partial charge on any atom is 1.00 e. The summed E-state index contributed by atoms with van der Waals surface area (Å²) in [5, 5.41) is 0. The van der Waals surface area contributed by atoms with Crippen LogP contribution in [0.2, 0.25) is 0 Å². The number of allylic oxidation sites excluding steroid dienone is 16. The SMILES string of the molecule is C.CCC/C=C/C/C=C/CCCCCCCc1cccc(Oc2cccc3c2C2=NC4=[N+]5C(=NC6=[N+]7C(=NC8=[N+]9C(=NC3=[N+]2[C@]975)c2cccc(Oc3cccc(CCCCCCC/C=C/C/C=C/CCC)c3)c28)c2cccc(Oc3cccc(CCCCCCC/C=C/C/C=C/CCC)c3)c26)c2cccc(Oc3cccc(CCCCCCC/C=C/C/C=C/CCC)c3)c24)c1.[Cs+].[H-]. The maximum atomic E-state index is 7.42. The molecule has 8 aliphatic rings. The van der Waals surface area contributed by atoms with E-state index in [0.29, 0.717) is 58.0 Å². The van der Waals surface area contributed by atoms with Crippen molar-refractivity contribution in [3.05, 3.63) is 334 Å². The van der Waals surface area contributed by atoms with Gasteiger partial charge in [0.15, 0.2) is 0 Å². The fraction of sp³-hybridized carbons (Fsp3) is 0.390. The van der Waals surface area contributed by atoms with Gasteiger partial charge in [-0.15, -0.1) is 18.3 Å². The minimum atomic E-state index is -1.43. The van der Waals surface area contributed by atoms with Crippen LogP contribution < -0.4 is 87.8 Å². The largest absolute Gasteiger partial charge is 1.00 e. The van der Waals surface area contributed by atoms with E-state index in [9.17, 15) is 0 Å². The first kappa shape index (κ1) is 97.3. The van der Waals surface area contributed by atoms with Crippen molar-refractivity contribution in [2.75, 3.05) is 0 Å². The molecule has 0 unspecified atom stereocenters. The van der Waals surface area contributed by atoms with Gasteiger partial charge in [-0.25, -0.2) is 0 Å². The van der Waals surface area contributed by atoms with E-state index in [0.717, 1.165) is 208 Å². The first-order valence-electron chi connectivity index (χ1n) is 49.8. The normalized spacial score (nSPS) is 15.7. The van der Waals surface area contributed by atoms with Crippen molar-refractivity contribution in [1.82, 2.24) is 0 Å². The second-order valence-corrected chi connectivity index (χ2v) is 35.8. The number of nitrogens with zero attached hydrogens (tertiary/aromatic N) is 8. The number of unbranched alkanes of at least 4 members (excludes halogenated alkanes) is 24. The molecule has 0 saturated heterocycles. The average Bonchev–Trinajstić information content (AvgIpc) is 1.45. The molecule has 0 N–H and O–H groups in total. The number of ether oxygens (including phenoxy) is 4. The Balaban J connectivity index is 0.00000494. The Morgan fingerprint density at radius 2 is 0.489 bits per heavy atom. The van der Waals surface area contributed by atoms with Crippen molar-refractivity contribution in [3.63, 3.8) is 0 Å². The van der Waals surface area contributed by atoms with Crippen LogP contribution >= 0.6 is 0 Å². The zero-order chi connectivity index (χ0) is 88.0. The summed E-state index contributed by atoms with van der Waals surface area (Å²) in [5.74, 6) is 10.0. The molecule has 0 aromatic heterocycles. The van der Waals surface area contributed by atoms with Crippen molar-refractivity contribution >= 4 is 46.7 Å². The Kier molecular flexibility index (Phi) is 37.4. The van der Waals surface area contributed by atoms with Gasteiger partial charge in [0.2, 0.25) is 0 Å². The Labute approximate surface area is 843 Å². The van der Waals surface area contributed by atoms with Gasteiger partial charge in [0.05, 0.1) is 22.3 Å². The van der Waals surface area contributed by atoms with Crippen molar-refractivity contribution < 1.29 is 108 Å². The number of hydrogen-bond donors (Lipinski definition) is 0. The van der Waals surface area contributed by atoms with Gasteiger partial charge in [0, 0.05) is 0 Å². The van der Waals surface area contributed by atoms with Crippen molar-refractivity contribution in [2.45, 2.75) is 298 Å². The van der Waals surface area contributed by atoms with Crippen LogP contribution in [-0.4, -0.2) is 70.9 Å². The summed E-state index contributed by atoms with van der Waals surface area (Å²) in [6.45, 7) is 8.93. The summed E-state index contributed by atoms with van der Waals surface area (Å²) in [5.41, 5.74) is 12.0. The molecule has 1 atom stereocenters. The van der Waals surface area contributed by atoms with E-state index in [1.54, 1.807) is 0 Å². The van der Waals surface area contributed by atoms with Gasteiger partial charge >= 0.3 is 74.8 Å². The summed E-state index contributed by atoms with van der Waals surface area (Å²) in [6, 6.07) is 60.5. The third kappa shape index (κ3) is 23.7. The fourth-order valence-electron chi connectivity index (χ4n) is 19.2. The summed E-state index contributed by atoms with van der Waals surface area (Å²) < 4.78 is 39.0. The summed E-state index contributed by atoms with van der Waals surface area (Å²) in [6.07, 6.45) is 83.1. The monoisotopic (exact) mass is 1870 g/mol. The summed E-state index contributed by atoms with van der Waals surface area (Å²) in [7, 11) is 0. The van der Waals surface area contributed by atoms with E-state index in [-0.39, 0.29) is 77.7 Å². The number of aliphatic imine (C=N–C) groups is 4.